The molecule has 0 radical (unpaired) electrons. The van der Waals surface area contributed by atoms with E-state index < -0.39 is 50.7 Å². The zero-order valence-corrected chi connectivity index (χ0v) is 29.3. The predicted molar refractivity (Wildman–Crippen MR) is 175 cm³/mol. The summed E-state index contributed by atoms with van der Waals surface area (Å²) in [7, 11) is -3.61. The molecular formula is C36H52N2O7S. The summed E-state index contributed by atoms with van der Waals surface area (Å²) >= 11 is 0. The largest absolute Gasteiger partial charge is 0.363 e. The van der Waals surface area contributed by atoms with Gasteiger partial charge in [0.25, 0.3) is 5.91 Å². The summed E-state index contributed by atoms with van der Waals surface area (Å²) in [5.74, 6) is -4.22. The molecule has 3 unspecified atom stereocenters. The minimum Gasteiger partial charge on any atom is -0.363 e. The maximum atomic E-state index is 14.4. The Morgan fingerprint density at radius 2 is 1.59 bits per heavy atom. The fourth-order valence-corrected chi connectivity index (χ4v) is 9.38. The van der Waals surface area contributed by atoms with Crippen LogP contribution in [0.2, 0.25) is 0 Å². The number of carbonyl (C=O) groups is 5. The third-order valence-electron chi connectivity index (χ3n) is 10.9. The smallest absolute Gasteiger partial charge is 0.285 e. The van der Waals surface area contributed by atoms with E-state index in [9.17, 15) is 32.4 Å². The number of hydrogen-bond donors (Lipinski definition) is 1. The van der Waals surface area contributed by atoms with Crippen molar-refractivity contribution in [3.63, 3.8) is 0 Å². The fraction of sp³-hybridized carbons (Fsp3) is 0.694. The van der Waals surface area contributed by atoms with Crippen LogP contribution in [0.15, 0.2) is 35.2 Å². The van der Waals surface area contributed by atoms with Crippen LogP contribution in [0, 0.1) is 52.3 Å². The van der Waals surface area contributed by atoms with Crippen molar-refractivity contribution in [2.75, 3.05) is 12.3 Å². The number of hydrogen-bond acceptors (Lipinski definition) is 7. The lowest BCUT2D eigenvalue weighted by Crippen LogP contribution is -2.51. The summed E-state index contributed by atoms with van der Waals surface area (Å²) in [4.78, 5) is 68.3. The number of carbonyl (C=O) groups excluding carboxylic acids is 5. The van der Waals surface area contributed by atoms with Crippen LogP contribution in [-0.4, -0.2) is 60.8 Å². The number of ketones is 3. The van der Waals surface area contributed by atoms with E-state index in [0.717, 1.165) is 12.8 Å². The Hall–Kier alpha value is -2.88. The van der Waals surface area contributed by atoms with Gasteiger partial charge in [-0.25, -0.2) is 8.42 Å². The van der Waals surface area contributed by atoms with Crippen LogP contribution in [-0.2, 0) is 33.8 Å². The Kier molecular flexibility index (Phi) is 10.4. The first-order valence-electron chi connectivity index (χ1n) is 16.7. The van der Waals surface area contributed by atoms with Crippen molar-refractivity contribution in [2.45, 2.75) is 97.9 Å². The van der Waals surface area contributed by atoms with Gasteiger partial charge in [-0.05, 0) is 59.0 Å². The van der Waals surface area contributed by atoms with Crippen molar-refractivity contribution in [2.24, 2.45) is 58.0 Å². The topological polar surface area (TPSA) is 149 Å². The van der Waals surface area contributed by atoms with E-state index in [4.69, 9.17) is 5.73 Å². The molecule has 1 aliphatic heterocycles. The van der Waals surface area contributed by atoms with Crippen LogP contribution in [0.25, 0.3) is 0 Å². The number of Topliss-reactive ketones (excluding diaryl/α,β-unsaturated/α-hetero) is 3. The van der Waals surface area contributed by atoms with Gasteiger partial charge in [0, 0.05) is 37.6 Å². The van der Waals surface area contributed by atoms with Gasteiger partial charge in [-0.2, -0.15) is 0 Å². The quantitative estimate of drug-likeness (QED) is 0.255. The first-order valence-corrected chi connectivity index (χ1v) is 18.4. The molecule has 0 bridgehead atoms. The number of sulfone groups is 1. The van der Waals surface area contributed by atoms with Gasteiger partial charge in [-0.3, -0.25) is 24.0 Å². The van der Waals surface area contributed by atoms with Gasteiger partial charge in [0.2, 0.25) is 11.7 Å². The maximum Gasteiger partial charge on any atom is 0.285 e. The molecular weight excluding hydrogens is 604 g/mol. The number of benzene rings is 1. The molecule has 2 aliphatic carbocycles. The van der Waals surface area contributed by atoms with E-state index in [-0.39, 0.29) is 70.6 Å². The van der Waals surface area contributed by atoms with Gasteiger partial charge in [0.15, 0.2) is 15.6 Å². The van der Waals surface area contributed by atoms with Crippen LogP contribution in [0.5, 0.6) is 0 Å². The minimum absolute atomic E-state index is 0.0301. The molecule has 254 valence electrons. The van der Waals surface area contributed by atoms with E-state index in [0.29, 0.717) is 18.9 Å². The van der Waals surface area contributed by atoms with Gasteiger partial charge in [0.1, 0.15) is 5.78 Å². The van der Waals surface area contributed by atoms with Crippen molar-refractivity contribution < 1.29 is 32.4 Å². The van der Waals surface area contributed by atoms with Crippen LogP contribution < -0.4 is 5.73 Å². The molecule has 2 N–H and O–H groups in total. The fourth-order valence-electron chi connectivity index (χ4n) is 7.55. The molecule has 10 heteroatoms. The number of primary amides is 1. The molecule has 1 saturated heterocycles. The highest BCUT2D eigenvalue weighted by Crippen LogP contribution is 2.65. The van der Waals surface area contributed by atoms with Crippen molar-refractivity contribution in [3.05, 3.63) is 30.3 Å². The monoisotopic (exact) mass is 656 g/mol. The highest BCUT2D eigenvalue weighted by molar-refractivity contribution is 7.91. The lowest BCUT2D eigenvalue weighted by molar-refractivity contribution is -0.148. The summed E-state index contributed by atoms with van der Waals surface area (Å²) in [6, 6.07) is 7.48. The van der Waals surface area contributed by atoms with Gasteiger partial charge in [0.05, 0.1) is 16.7 Å². The van der Waals surface area contributed by atoms with Crippen LogP contribution >= 0.6 is 0 Å². The highest BCUT2D eigenvalue weighted by Gasteiger charge is 2.69. The average Bonchev–Trinajstić information content (AvgIpc) is 3.81. The van der Waals surface area contributed by atoms with Gasteiger partial charge < -0.3 is 10.6 Å². The van der Waals surface area contributed by atoms with Crippen molar-refractivity contribution >= 4 is 39.0 Å². The molecule has 0 aromatic heterocycles. The summed E-state index contributed by atoms with van der Waals surface area (Å²) < 4.78 is 26.3. The van der Waals surface area contributed by atoms with Gasteiger partial charge in [-0.1, -0.05) is 79.5 Å². The summed E-state index contributed by atoms with van der Waals surface area (Å²) in [6.45, 7) is 14.1. The van der Waals surface area contributed by atoms with Crippen molar-refractivity contribution in [1.29, 1.82) is 0 Å². The number of likely N-dealkylation sites (tertiary alicyclic amines) is 1. The summed E-state index contributed by atoms with van der Waals surface area (Å²) in [5, 5.41) is 0. The molecule has 1 aromatic rings. The van der Waals surface area contributed by atoms with E-state index in [1.807, 2.05) is 34.6 Å². The number of nitrogens with zero attached hydrogens (tertiary/aromatic N) is 1. The lowest BCUT2D eigenvalue weighted by atomic mass is 9.75. The minimum atomic E-state index is -3.61. The Balaban J connectivity index is 1.51. The molecule has 3 aliphatic rings. The molecule has 0 spiro atoms. The molecule has 2 amide bonds. The normalized spacial score (nSPS) is 24.2. The third kappa shape index (κ3) is 7.97. The van der Waals surface area contributed by atoms with E-state index in [1.165, 1.54) is 0 Å². The van der Waals surface area contributed by atoms with Crippen molar-refractivity contribution in [1.82, 2.24) is 4.90 Å². The Morgan fingerprint density at radius 3 is 2.11 bits per heavy atom. The van der Waals surface area contributed by atoms with E-state index >= 15 is 0 Å². The van der Waals surface area contributed by atoms with Crippen LogP contribution in [0.3, 0.4) is 0 Å². The van der Waals surface area contributed by atoms with Crippen LogP contribution in [0.4, 0.5) is 0 Å². The summed E-state index contributed by atoms with van der Waals surface area (Å²) in [5.41, 5.74) is 4.59. The number of nitrogens with two attached hydrogens (primary N) is 1. The standard InChI is InChI=1S/C36H52N2O7S/c1-21(2)24(20-46(44,45)26-11-9-8-10-12-26)16-25(39)18-27(35(3,4)5)34(43)38-19-28-30(36(28,6)7)31(38)29(40)17-23(15-22-13-14-22)32(41)33(37)42/h8-12,21-24,27-28,30-31H,13-20H2,1-7H3,(H2,37,42)/t23?,24?,27-,28?,30+,31-/m1/s1. The average molecular weight is 657 g/mol. The maximum absolute atomic E-state index is 14.4. The van der Waals surface area contributed by atoms with Crippen molar-refractivity contribution in [3.8, 4) is 0 Å². The third-order valence-corrected chi connectivity index (χ3v) is 12.8. The first-order chi connectivity index (χ1) is 21.3. The Bertz CT molecular complexity index is 1460. The summed E-state index contributed by atoms with van der Waals surface area (Å²) in [6.07, 6.45) is 2.21. The lowest BCUT2D eigenvalue weighted by Gasteiger charge is -2.37. The zero-order chi connectivity index (χ0) is 34.4. The van der Waals surface area contributed by atoms with E-state index in [2.05, 4.69) is 13.8 Å². The van der Waals surface area contributed by atoms with Crippen LogP contribution in [0.1, 0.15) is 87.0 Å². The van der Waals surface area contributed by atoms with Gasteiger partial charge >= 0.3 is 0 Å². The Labute approximate surface area is 274 Å². The second kappa shape index (κ2) is 13.3. The molecule has 2 saturated carbocycles. The molecule has 6 atom stereocenters. The second-order valence-electron chi connectivity index (χ2n) is 16.1. The molecule has 1 aromatic carbocycles. The molecule has 4 rings (SSSR count). The van der Waals surface area contributed by atoms with E-state index in [1.54, 1.807) is 35.2 Å². The van der Waals surface area contributed by atoms with Gasteiger partial charge in [-0.15, -0.1) is 0 Å². The molecule has 3 fully saturated rings. The zero-order valence-electron chi connectivity index (χ0n) is 28.5. The number of rotatable bonds is 16. The number of amides is 2. The molecule has 46 heavy (non-hydrogen) atoms. The Morgan fingerprint density at radius 1 is 0.978 bits per heavy atom. The first kappa shape index (κ1) is 36.0. The molecule has 1 heterocycles. The molecule has 9 nitrogen and oxygen atoms in total. The SMILES string of the molecule is CC(C)C(CC(=O)C[C@H](C(=O)N1CC2[C@@H]([C@H]1C(=O)CC(CC1CC1)C(=O)C(N)=O)C2(C)C)C(C)(C)C)CS(=O)(=O)c1ccccc1. The number of piperidine rings is 1. The number of fused-ring (bicyclic) bond motifs is 1. The predicted octanol–water partition coefficient (Wildman–Crippen LogP) is 4.66. The highest BCUT2D eigenvalue weighted by atomic mass is 32.2. The second-order valence-corrected chi connectivity index (χ2v) is 18.2.